The first-order valence-electron chi connectivity index (χ1n) is 6.13. The minimum absolute atomic E-state index is 0.00569. The third-order valence-electron chi connectivity index (χ3n) is 2.83. The fourth-order valence-corrected chi connectivity index (χ4v) is 2.29. The van der Waals surface area contributed by atoms with Crippen LogP contribution in [0.3, 0.4) is 0 Å². The summed E-state index contributed by atoms with van der Waals surface area (Å²) >= 11 is 6.28. The lowest BCUT2D eigenvalue weighted by Gasteiger charge is -2.20. The summed E-state index contributed by atoms with van der Waals surface area (Å²) in [6.45, 7) is 7.09. The average Bonchev–Trinajstić information content (AvgIpc) is 2.95. The molecule has 0 saturated heterocycles. The van der Waals surface area contributed by atoms with Crippen LogP contribution >= 0.6 is 11.6 Å². The SMILES string of the molecule is CCNC(c1ccoc1)c1c(Cl)cnn1C(C)C. The Bertz CT molecular complexity index is 490. The number of aromatic nitrogens is 2. The average molecular weight is 268 g/mol. The van der Waals surface area contributed by atoms with E-state index in [9.17, 15) is 0 Å². The Kier molecular flexibility index (Phi) is 4.09. The van der Waals surface area contributed by atoms with Crippen molar-refractivity contribution in [3.05, 3.63) is 41.1 Å². The molecular formula is C13H18ClN3O. The second-order valence-corrected chi connectivity index (χ2v) is 4.87. The fourth-order valence-electron chi connectivity index (χ4n) is 2.05. The summed E-state index contributed by atoms with van der Waals surface area (Å²) in [6, 6.07) is 2.22. The highest BCUT2D eigenvalue weighted by Gasteiger charge is 2.23. The van der Waals surface area contributed by atoms with Gasteiger partial charge in [-0.05, 0) is 26.5 Å². The molecule has 0 aliphatic heterocycles. The molecule has 0 aromatic carbocycles. The second kappa shape index (κ2) is 5.59. The van der Waals surface area contributed by atoms with E-state index in [1.165, 1.54) is 0 Å². The highest BCUT2D eigenvalue weighted by atomic mass is 35.5. The van der Waals surface area contributed by atoms with Crippen molar-refractivity contribution < 1.29 is 4.42 Å². The molecule has 0 aliphatic rings. The highest BCUT2D eigenvalue weighted by molar-refractivity contribution is 6.31. The Morgan fingerprint density at radius 2 is 2.28 bits per heavy atom. The van der Waals surface area contributed by atoms with Crippen LogP contribution in [0.1, 0.15) is 44.1 Å². The maximum Gasteiger partial charge on any atom is 0.0954 e. The molecule has 5 heteroatoms. The van der Waals surface area contributed by atoms with Crippen LogP contribution in [0, 0.1) is 0 Å². The molecule has 4 nitrogen and oxygen atoms in total. The van der Waals surface area contributed by atoms with E-state index in [1.807, 2.05) is 10.7 Å². The van der Waals surface area contributed by atoms with Crippen LogP contribution in [0.15, 0.2) is 29.2 Å². The zero-order valence-electron chi connectivity index (χ0n) is 10.9. The summed E-state index contributed by atoms with van der Waals surface area (Å²) in [5.74, 6) is 0. The first kappa shape index (κ1) is 13.2. The van der Waals surface area contributed by atoms with Gasteiger partial charge in [-0.25, -0.2) is 0 Å². The molecule has 1 N–H and O–H groups in total. The van der Waals surface area contributed by atoms with Crippen molar-refractivity contribution in [2.45, 2.75) is 32.9 Å². The van der Waals surface area contributed by atoms with Gasteiger partial charge in [-0.15, -0.1) is 0 Å². The van der Waals surface area contributed by atoms with Gasteiger partial charge >= 0.3 is 0 Å². The number of nitrogens with one attached hydrogen (secondary N) is 1. The van der Waals surface area contributed by atoms with Gasteiger partial charge in [0.1, 0.15) is 0 Å². The summed E-state index contributed by atoms with van der Waals surface area (Å²) in [5, 5.41) is 8.44. The zero-order valence-corrected chi connectivity index (χ0v) is 11.6. The Balaban J connectivity index is 2.45. The maximum atomic E-state index is 6.28. The van der Waals surface area contributed by atoms with Gasteiger partial charge in [-0.1, -0.05) is 18.5 Å². The van der Waals surface area contributed by atoms with Gasteiger partial charge in [-0.3, -0.25) is 4.68 Å². The normalized spacial score (nSPS) is 13.2. The van der Waals surface area contributed by atoms with Gasteiger partial charge in [-0.2, -0.15) is 5.10 Å². The molecule has 0 spiro atoms. The van der Waals surface area contributed by atoms with Crippen molar-refractivity contribution in [2.24, 2.45) is 0 Å². The molecule has 1 unspecified atom stereocenters. The van der Waals surface area contributed by atoms with Crippen molar-refractivity contribution in [2.75, 3.05) is 6.54 Å². The first-order chi connectivity index (χ1) is 8.65. The van der Waals surface area contributed by atoms with E-state index in [0.29, 0.717) is 5.02 Å². The largest absolute Gasteiger partial charge is 0.472 e. The number of hydrogen-bond donors (Lipinski definition) is 1. The molecule has 2 heterocycles. The van der Waals surface area contributed by atoms with Crippen LogP contribution in [-0.2, 0) is 0 Å². The number of nitrogens with zero attached hydrogens (tertiary/aromatic N) is 2. The summed E-state index contributed by atoms with van der Waals surface area (Å²) in [5.41, 5.74) is 2.04. The molecule has 2 aromatic heterocycles. The molecule has 2 aromatic rings. The fraction of sp³-hybridized carbons (Fsp3) is 0.462. The Morgan fingerprint density at radius 1 is 1.50 bits per heavy atom. The molecule has 0 fully saturated rings. The monoisotopic (exact) mass is 267 g/mol. The molecule has 0 bridgehead atoms. The lowest BCUT2D eigenvalue weighted by atomic mass is 10.1. The number of rotatable bonds is 5. The zero-order chi connectivity index (χ0) is 13.1. The van der Waals surface area contributed by atoms with Crippen LogP contribution in [0.2, 0.25) is 5.02 Å². The van der Waals surface area contributed by atoms with E-state index in [2.05, 4.69) is 31.2 Å². The summed E-state index contributed by atoms with van der Waals surface area (Å²) < 4.78 is 7.11. The smallest absolute Gasteiger partial charge is 0.0954 e. The van der Waals surface area contributed by atoms with Crippen molar-refractivity contribution in [3.8, 4) is 0 Å². The van der Waals surface area contributed by atoms with Crippen molar-refractivity contribution >= 4 is 11.6 Å². The molecule has 2 rings (SSSR count). The highest BCUT2D eigenvalue weighted by Crippen LogP contribution is 2.30. The minimum Gasteiger partial charge on any atom is -0.472 e. The molecule has 0 aliphatic carbocycles. The number of halogens is 1. The Hall–Kier alpha value is -1.26. The summed E-state index contributed by atoms with van der Waals surface area (Å²) in [7, 11) is 0. The molecule has 0 radical (unpaired) electrons. The number of hydrogen-bond acceptors (Lipinski definition) is 3. The lowest BCUT2D eigenvalue weighted by molar-refractivity contribution is 0.473. The van der Waals surface area contributed by atoms with Crippen molar-refractivity contribution in [3.63, 3.8) is 0 Å². The molecule has 1 atom stereocenters. The van der Waals surface area contributed by atoms with E-state index in [4.69, 9.17) is 16.0 Å². The molecule has 98 valence electrons. The second-order valence-electron chi connectivity index (χ2n) is 4.46. The van der Waals surface area contributed by atoms with Crippen LogP contribution in [-0.4, -0.2) is 16.3 Å². The summed E-state index contributed by atoms with van der Waals surface area (Å²) in [4.78, 5) is 0. The Labute approximate surface area is 112 Å². The quantitative estimate of drug-likeness (QED) is 0.903. The van der Waals surface area contributed by atoms with Crippen LogP contribution in [0.5, 0.6) is 0 Å². The third kappa shape index (κ3) is 2.44. The van der Waals surface area contributed by atoms with Crippen molar-refractivity contribution in [1.82, 2.24) is 15.1 Å². The van der Waals surface area contributed by atoms with E-state index >= 15 is 0 Å². The van der Waals surface area contributed by atoms with Crippen molar-refractivity contribution in [1.29, 1.82) is 0 Å². The summed E-state index contributed by atoms with van der Waals surface area (Å²) in [6.07, 6.45) is 5.10. The van der Waals surface area contributed by atoms with Gasteiger partial charge in [0.25, 0.3) is 0 Å². The topological polar surface area (TPSA) is 43.0 Å². The van der Waals surface area contributed by atoms with Gasteiger partial charge in [0.15, 0.2) is 0 Å². The first-order valence-corrected chi connectivity index (χ1v) is 6.51. The molecule has 0 amide bonds. The van der Waals surface area contributed by atoms with Crippen LogP contribution < -0.4 is 5.32 Å². The standard InChI is InChI=1S/C13H18ClN3O/c1-4-15-12(10-5-6-18-8-10)13-11(14)7-16-17(13)9(2)3/h5-9,12,15H,4H2,1-3H3. The molecule has 18 heavy (non-hydrogen) atoms. The third-order valence-corrected chi connectivity index (χ3v) is 3.13. The predicted molar refractivity (Wildman–Crippen MR) is 71.8 cm³/mol. The molecule has 0 saturated carbocycles. The predicted octanol–water partition coefficient (Wildman–Crippen LogP) is 3.41. The minimum atomic E-state index is 0.00569. The van der Waals surface area contributed by atoms with E-state index in [1.54, 1.807) is 18.7 Å². The van der Waals surface area contributed by atoms with Gasteiger partial charge in [0.05, 0.1) is 35.5 Å². The van der Waals surface area contributed by atoms with Gasteiger partial charge in [0, 0.05) is 11.6 Å². The lowest BCUT2D eigenvalue weighted by Crippen LogP contribution is -2.25. The van der Waals surface area contributed by atoms with E-state index in [0.717, 1.165) is 17.8 Å². The van der Waals surface area contributed by atoms with Gasteiger partial charge in [0.2, 0.25) is 0 Å². The number of furan rings is 1. The Morgan fingerprint density at radius 3 is 2.83 bits per heavy atom. The maximum absolute atomic E-state index is 6.28. The van der Waals surface area contributed by atoms with Gasteiger partial charge < -0.3 is 9.73 Å². The van der Waals surface area contributed by atoms with Crippen LogP contribution in [0.25, 0.3) is 0 Å². The van der Waals surface area contributed by atoms with Crippen LogP contribution in [0.4, 0.5) is 0 Å². The van der Waals surface area contributed by atoms with E-state index in [-0.39, 0.29) is 12.1 Å². The van der Waals surface area contributed by atoms with E-state index < -0.39 is 0 Å². The molecular weight excluding hydrogens is 250 g/mol.